The van der Waals surface area contributed by atoms with Gasteiger partial charge in [-0.25, -0.2) is 4.79 Å². The van der Waals surface area contributed by atoms with Crippen LogP contribution in [0.2, 0.25) is 0 Å². The molecule has 0 aromatic rings. The Morgan fingerprint density at radius 1 is 1.27 bits per heavy atom. The molecule has 2 nitrogen and oxygen atoms in total. The number of rotatable bonds is 3. The third-order valence-corrected chi connectivity index (χ3v) is 1.06. The first-order chi connectivity index (χ1) is 5.22. The predicted octanol–water partition coefficient (Wildman–Crippen LogP) is 2.15. The molecule has 0 spiro atoms. The van der Waals surface area contributed by atoms with Crippen LogP contribution in [0, 0.1) is 0 Å². The zero-order valence-electron chi connectivity index (χ0n) is 6.74. The van der Waals surface area contributed by atoms with Crippen molar-refractivity contribution in [2.24, 2.45) is 0 Å². The molecule has 1 N–H and O–H groups in total. The molecular formula is C9H12O2. The van der Waals surface area contributed by atoms with E-state index in [1.807, 2.05) is 6.92 Å². The smallest absolute Gasteiger partial charge is 0.335 e. The van der Waals surface area contributed by atoms with E-state index in [1.165, 1.54) is 0 Å². The van der Waals surface area contributed by atoms with E-state index >= 15 is 0 Å². The van der Waals surface area contributed by atoms with E-state index in [1.54, 1.807) is 37.3 Å². The van der Waals surface area contributed by atoms with Crippen molar-refractivity contribution in [3.63, 3.8) is 0 Å². The van der Waals surface area contributed by atoms with Crippen LogP contribution in [0.4, 0.5) is 0 Å². The number of allylic oxidation sites excluding steroid dienone is 4. The first kappa shape index (κ1) is 9.69. The van der Waals surface area contributed by atoms with Crippen molar-refractivity contribution in [2.45, 2.75) is 13.8 Å². The van der Waals surface area contributed by atoms with Gasteiger partial charge in [-0.1, -0.05) is 24.3 Å². The monoisotopic (exact) mass is 152 g/mol. The Kier molecular flexibility index (Phi) is 4.82. The largest absolute Gasteiger partial charge is 0.478 e. The highest BCUT2D eigenvalue weighted by Gasteiger charge is 1.98. The molecule has 0 amide bonds. The van der Waals surface area contributed by atoms with Gasteiger partial charge in [0.1, 0.15) is 0 Å². The van der Waals surface area contributed by atoms with Gasteiger partial charge in [0.2, 0.25) is 0 Å². The number of carboxylic acid groups (broad SMARTS) is 1. The minimum Gasteiger partial charge on any atom is -0.478 e. The molecule has 11 heavy (non-hydrogen) atoms. The fraction of sp³-hybridized carbons (Fsp3) is 0.222. The summed E-state index contributed by atoms with van der Waals surface area (Å²) in [4.78, 5) is 10.4. The van der Waals surface area contributed by atoms with Crippen molar-refractivity contribution in [3.8, 4) is 0 Å². The number of carboxylic acids is 1. The van der Waals surface area contributed by atoms with Crippen LogP contribution in [-0.2, 0) is 4.79 Å². The zero-order chi connectivity index (χ0) is 8.69. The molecule has 0 aromatic carbocycles. The van der Waals surface area contributed by atoms with Gasteiger partial charge in [-0.2, -0.15) is 0 Å². The molecule has 0 saturated carbocycles. The average Bonchev–Trinajstić information content (AvgIpc) is 1.97. The van der Waals surface area contributed by atoms with Crippen molar-refractivity contribution in [1.82, 2.24) is 0 Å². The second-order valence-corrected chi connectivity index (χ2v) is 1.95. The number of aliphatic carboxylic acids is 1. The molecule has 0 aliphatic carbocycles. The quantitative estimate of drug-likeness (QED) is 0.497. The highest BCUT2D eigenvalue weighted by Crippen LogP contribution is 1.97. The molecule has 0 heterocycles. The van der Waals surface area contributed by atoms with E-state index < -0.39 is 5.97 Å². The summed E-state index contributed by atoms with van der Waals surface area (Å²) in [5.74, 6) is -0.902. The Hall–Kier alpha value is -1.31. The molecule has 0 radical (unpaired) electrons. The average molecular weight is 152 g/mol. The second-order valence-electron chi connectivity index (χ2n) is 1.95. The van der Waals surface area contributed by atoms with Crippen LogP contribution in [0.5, 0.6) is 0 Å². The van der Waals surface area contributed by atoms with Crippen LogP contribution in [-0.4, -0.2) is 11.1 Å². The summed E-state index contributed by atoms with van der Waals surface area (Å²) in [6.07, 6.45) is 8.30. The Morgan fingerprint density at radius 3 is 2.27 bits per heavy atom. The lowest BCUT2D eigenvalue weighted by Gasteiger charge is -1.89. The van der Waals surface area contributed by atoms with Crippen LogP contribution in [0.3, 0.4) is 0 Å². The lowest BCUT2D eigenvalue weighted by Crippen LogP contribution is -1.96. The molecule has 0 atom stereocenters. The van der Waals surface area contributed by atoms with Gasteiger partial charge < -0.3 is 5.11 Å². The summed E-state index contributed by atoms with van der Waals surface area (Å²) < 4.78 is 0. The summed E-state index contributed by atoms with van der Waals surface area (Å²) >= 11 is 0. The summed E-state index contributed by atoms with van der Waals surface area (Å²) in [6.45, 7) is 3.62. The molecule has 0 aliphatic heterocycles. The van der Waals surface area contributed by atoms with Gasteiger partial charge in [0.25, 0.3) is 0 Å². The summed E-state index contributed by atoms with van der Waals surface area (Å²) in [5.41, 5.74) is 0.297. The Labute approximate surface area is 66.5 Å². The molecular weight excluding hydrogens is 140 g/mol. The second kappa shape index (κ2) is 5.47. The van der Waals surface area contributed by atoms with Crippen LogP contribution in [0.1, 0.15) is 13.8 Å². The van der Waals surface area contributed by atoms with Crippen molar-refractivity contribution < 1.29 is 9.90 Å². The predicted molar refractivity (Wildman–Crippen MR) is 45.3 cm³/mol. The van der Waals surface area contributed by atoms with Crippen LogP contribution in [0.15, 0.2) is 36.0 Å². The minimum atomic E-state index is -0.902. The molecule has 0 aliphatic rings. The lowest BCUT2D eigenvalue weighted by molar-refractivity contribution is -0.132. The number of hydrogen-bond acceptors (Lipinski definition) is 1. The van der Waals surface area contributed by atoms with Crippen molar-refractivity contribution in [1.29, 1.82) is 0 Å². The summed E-state index contributed by atoms with van der Waals surface area (Å²) in [7, 11) is 0. The highest BCUT2D eigenvalue weighted by molar-refractivity contribution is 5.90. The van der Waals surface area contributed by atoms with Crippen molar-refractivity contribution in [2.75, 3.05) is 0 Å². The van der Waals surface area contributed by atoms with Gasteiger partial charge in [0.15, 0.2) is 0 Å². The molecule has 0 rings (SSSR count). The minimum absolute atomic E-state index is 0.297. The van der Waals surface area contributed by atoms with Gasteiger partial charge in [-0.15, -0.1) is 0 Å². The van der Waals surface area contributed by atoms with Crippen LogP contribution >= 0.6 is 0 Å². The van der Waals surface area contributed by atoms with Crippen LogP contribution < -0.4 is 0 Å². The van der Waals surface area contributed by atoms with Crippen molar-refractivity contribution in [3.05, 3.63) is 36.0 Å². The topological polar surface area (TPSA) is 37.3 Å². The van der Waals surface area contributed by atoms with E-state index in [4.69, 9.17) is 5.11 Å². The summed E-state index contributed by atoms with van der Waals surface area (Å²) in [6, 6.07) is 0. The third kappa shape index (κ3) is 4.14. The normalized spacial score (nSPS) is 13.1. The number of carbonyl (C=O) groups is 1. The molecule has 2 heteroatoms. The summed E-state index contributed by atoms with van der Waals surface area (Å²) in [5, 5.41) is 8.58. The van der Waals surface area contributed by atoms with Gasteiger partial charge in [-0.3, -0.25) is 0 Å². The first-order valence-electron chi connectivity index (χ1n) is 3.41. The molecule has 0 unspecified atom stereocenters. The maximum absolute atomic E-state index is 10.4. The highest BCUT2D eigenvalue weighted by atomic mass is 16.4. The fourth-order valence-corrected chi connectivity index (χ4v) is 0.578. The van der Waals surface area contributed by atoms with E-state index in [2.05, 4.69) is 0 Å². The first-order valence-corrected chi connectivity index (χ1v) is 3.41. The lowest BCUT2D eigenvalue weighted by atomic mass is 10.2. The fourth-order valence-electron chi connectivity index (χ4n) is 0.578. The zero-order valence-corrected chi connectivity index (χ0v) is 6.74. The molecule has 60 valence electrons. The van der Waals surface area contributed by atoms with Crippen LogP contribution in [0.25, 0.3) is 0 Å². The van der Waals surface area contributed by atoms with Crippen molar-refractivity contribution >= 4 is 5.97 Å². The maximum Gasteiger partial charge on any atom is 0.335 e. The standard InChI is InChI=1S/C9H12O2/c1-3-5-7-8(6-4-2)9(10)11/h3-7H,1-2H3,(H,10,11)/b5-3+,6-4-,8-7+. The SMILES string of the molecule is C\C=C/C(=C\C=C\C)C(=O)O. The number of hydrogen-bond donors (Lipinski definition) is 1. The molecule has 0 aromatic heterocycles. The Morgan fingerprint density at radius 2 is 1.91 bits per heavy atom. The van der Waals surface area contributed by atoms with Gasteiger partial charge in [0.05, 0.1) is 5.57 Å². The Balaban J connectivity index is 4.45. The Bertz CT molecular complexity index is 210. The molecule has 0 bridgehead atoms. The maximum atomic E-state index is 10.4. The van der Waals surface area contributed by atoms with E-state index in [-0.39, 0.29) is 0 Å². The van der Waals surface area contributed by atoms with E-state index in [9.17, 15) is 4.79 Å². The van der Waals surface area contributed by atoms with E-state index in [0.717, 1.165) is 0 Å². The van der Waals surface area contributed by atoms with E-state index in [0.29, 0.717) is 5.57 Å². The molecule has 0 saturated heterocycles. The third-order valence-electron chi connectivity index (χ3n) is 1.06. The molecule has 0 fully saturated rings. The van der Waals surface area contributed by atoms with Gasteiger partial charge in [0, 0.05) is 0 Å². The van der Waals surface area contributed by atoms with Gasteiger partial charge in [-0.05, 0) is 19.9 Å². The van der Waals surface area contributed by atoms with Gasteiger partial charge >= 0.3 is 5.97 Å².